The van der Waals surface area contributed by atoms with Gasteiger partial charge in [-0.3, -0.25) is 0 Å². The maximum atomic E-state index is 6.33. The molecule has 1 heterocycles. The van der Waals surface area contributed by atoms with Gasteiger partial charge in [-0.25, -0.2) is 0 Å². The molecule has 5 atom stereocenters. The molecule has 3 unspecified atom stereocenters. The van der Waals surface area contributed by atoms with Crippen molar-refractivity contribution in [2.45, 2.75) is 95.3 Å². The van der Waals surface area contributed by atoms with Crippen LogP contribution in [0.15, 0.2) is 12.2 Å². The van der Waals surface area contributed by atoms with Gasteiger partial charge in [0, 0.05) is 23.5 Å². The molecule has 0 spiro atoms. The summed E-state index contributed by atoms with van der Waals surface area (Å²) in [7, 11) is 8.14. The molecular formula is C23H36BIO2. The largest absolute Gasteiger partial charge is 0.378 e. The summed E-state index contributed by atoms with van der Waals surface area (Å²) in [6.07, 6.45) is 15.3. The highest BCUT2D eigenvalue weighted by Gasteiger charge is 2.62. The zero-order valence-electron chi connectivity index (χ0n) is 17.3. The van der Waals surface area contributed by atoms with E-state index >= 15 is 0 Å². The fraction of sp³-hybridized carbons (Fsp3) is 0.913. The van der Waals surface area contributed by atoms with Crippen molar-refractivity contribution < 1.29 is 9.47 Å². The predicted molar refractivity (Wildman–Crippen MR) is 120 cm³/mol. The molecule has 0 aromatic rings. The number of fused-ring (bicyclic) bond motifs is 4. The average molecular weight is 482 g/mol. The minimum Gasteiger partial charge on any atom is -0.378 e. The Bertz CT molecular complexity index is 571. The first-order chi connectivity index (χ1) is 12.9. The van der Waals surface area contributed by atoms with Gasteiger partial charge in [0.15, 0.2) is 0 Å². The quantitative estimate of drug-likeness (QED) is 0.136. The van der Waals surface area contributed by atoms with Crippen molar-refractivity contribution in [3.63, 3.8) is 0 Å². The molecule has 0 N–H and O–H groups in total. The molecule has 4 fully saturated rings. The second kappa shape index (κ2) is 7.61. The Balaban J connectivity index is 1.27. The molecule has 1 aliphatic heterocycles. The molecule has 0 aromatic carbocycles. The van der Waals surface area contributed by atoms with Crippen LogP contribution in [0, 0.1) is 22.7 Å². The van der Waals surface area contributed by atoms with Crippen molar-refractivity contribution in [1.82, 2.24) is 0 Å². The highest BCUT2D eigenvalue weighted by molar-refractivity contribution is 14.1. The third-order valence-electron chi connectivity index (χ3n) is 8.98. The topological polar surface area (TPSA) is 18.5 Å². The van der Waals surface area contributed by atoms with Crippen molar-refractivity contribution in [3.05, 3.63) is 12.2 Å². The summed E-state index contributed by atoms with van der Waals surface area (Å²) in [5, 5.41) is 0. The first-order valence-electron chi connectivity index (χ1n) is 11.1. The number of ether oxygens (including phenoxy) is 2. The highest BCUT2D eigenvalue weighted by Crippen LogP contribution is 2.64. The predicted octanol–water partition coefficient (Wildman–Crippen LogP) is 5.81. The van der Waals surface area contributed by atoms with E-state index in [1.54, 1.807) is 0 Å². The van der Waals surface area contributed by atoms with Crippen LogP contribution in [0.25, 0.3) is 0 Å². The van der Waals surface area contributed by atoms with Crippen LogP contribution in [-0.2, 0) is 9.47 Å². The number of rotatable bonds is 9. The van der Waals surface area contributed by atoms with Gasteiger partial charge in [-0.1, -0.05) is 54.5 Å². The Kier molecular flexibility index (Phi) is 5.84. The van der Waals surface area contributed by atoms with Gasteiger partial charge in [0.05, 0.1) is 6.10 Å². The number of hydrogen-bond acceptors (Lipinski definition) is 2. The lowest BCUT2D eigenvalue weighted by molar-refractivity contribution is -0.0639. The van der Waals surface area contributed by atoms with E-state index in [4.69, 9.17) is 17.3 Å². The van der Waals surface area contributed by atoms with E-state index in [1.165, 1.54) is 63.4 Å². The number of halogens is 1. The highest BCUT2D eigenvalue weighted by atomic mass is 127. The van der Waals surface area contributed by atoms with Crippen molar-refractivity contribution in [2.24, 2.45) is 22.7 Å². The number of hydrogen-bond donors (Lipinski definition) is 0. The molecule has 0 amide bonds. The number of allylic oxidation sites excluding steroid dienone is 1. The van der Waals surface area contributed by atoms with Gasteiger partial charge < -0.3 is 9.47 Å². The summed E-state index contributed by atoms with van der Waals surface area (Å²) in [4.78, 5) is 0. The minimum atomic E-state index is -0.196. The molecular weight excluding hydrogens is 446 g/mol. The molecule has 27 heavy (non-hydrogen) atoms. The van der Waals surface area contributed by atoms with Gasteiger partial charge in [0.25, 0.3) is 0 Å². The number of unbranched alkanes of at least 4 members (excludes halogenated alkanes) is 1. The lowest BCUT2D eigenvalue weighted by atomic mass is 9.75. The van der Waals surface area contributed by atoms with Crippen LogP contribution in [-0.4, -0.2) is 37.1 Å². The van der Waals surface area contributed by atoms with Gasteiger partial charge >= 0.3 is 0 Å². The number of alkyl halides is 1. The molecule has 3 aliphatic carbocycles. The van der Waals surface area contributed by atoms with Crippen molar-refractivity contribution in [1.29, 1.82) is 0 Å². The maximum absolute atomic E-state index is 6.33. The molecule has 3 saturated carbocycles. The van der Waals surface area contributed by atoms with E-state index in [1.807, 2.05) is 7.11 Å². The van der Waals surface area contributed by atoms with Gasteiger partial charge in [-0.15, -0.1) is 0 Å². The lowest BCUT2D eigenvalue weighted by Gasteiger charge is -2.34. The minimum absolute atomic E-state index is 0.129. The first-order valence-corrected chi connectivity index (χ1v) is 12.6. The molecule has 4 rings (SSSR count). The Labute approximate surface area is 181 Å². The number of methoxy groups -OCH3 is 1. The molecule has 4 aliphatic rings. The molecule has 4 bridgehead atoms. The molecule has 150 valence electrons. The zero-order valence-corrected chi connectivity index (χ0v) is 19.4. The molecule has 2 nitrogen and oxygen atoms in total. The van der Waals surface area contributed by atoms with Crippen LogP contribution >= 0.6 is 22.6 Å². The normalized spacial score (nSPS) is 47.8. The van der Waals surface area contributed by atoms with E-state index in [0.29, 0.717) is 11.3 Å². The SMILES string of the molecule is [B][C@@H]1O[C@@]2(CI)CC(C(=C)CCCCC34CCC(CC)(CC3)C4)C1C2OC. The molecule has 1 saturated heterocycles. The van der Waals surface area contributed by atoms with Gasteiger partial charge in [0.2, 0.25) is 0 Å². The summed E-state index contributed by atoms with van der Waals surface area (Å²) in [6, 6.07) is -0.196. The summed E-state index contributed by atoms with van der Waals surface area (Å²) in [5.41, 5.74) is 2.63. The Hall–Kier alpha value is 0.455. The van der Waals surface area contributed by atoms with E-state index in [2.05, 4.69) is 36.1 Å². The van der Waals surface area contributed by atoms with E-state index in [0.717, 1.165) is 22.7 Å². The van der Waals surface area contributed by atoms with E-state index < -0.39 is 0 Å². The van der Waals surface area contributed by atoms with Gasteiger partial charge in [0.1, 0.15) is 13.4 Å². The Morgan fingerprint density at radius 2 is 1.93 bits per heavy atom. The molecule has 2 radical (unpaired) electrons. The van der Waals surface area contributed by atoms with Crippen LogP contribution < -0.4 is 0 Å². The van der Waals surface area contributed by atoms with Gasteiger partial charge in [-0.05, 0) is 74.5 Å². The lowest BCUT2D eigenvalue weighted by Crippen LogP contribution is -2.40. The van der Waals surface area contributed by atoms with Crippen molar-refractivity contribution in [2.75, 3.05) is 11.5 Å². The van der Waals surface area contributed by atoms with Crippen LogP contribution in [0.3, 0.4) is 0 Å². The van der Waals surface area contributed by atoms with Crippen LogP contribution in [0.2, 0.25) is 0 Å². The first kappa shape index (κ1) is 20.7. The van der Waals surface area contributed by atoms with Crippen LogP contribution in [0.4, 0.5) is 0 Å². The zero-order chi connectivity index (χ0) is 19.3. The van der Waals surface area contributed by atoms with E-state index in [-0.39, 0.29) is 23.6 Å². The van der Waals surface area contributed by atoms with Crippen molar-refractivity contribution >= 4 is 30.4 Å². The summed E-state index contributed by atoms with van der Waals surface area (Å²) >= 11 is 2.43. The summed E-state index contributed by atoms with van der Waals surface area (Å²) in [6.45, 7) is 6.90. The van der Waals surface area contributed by atoms with Crippen LogP contribution in [0.5, 0.6) is 0 Å². The van der Waals surface area contributed by atoms with Crippen molar-refractivity contribution in [3.8, 4) is 0 Å². The second-order valence-corrected chi connectivity index (χ2v) is 11.0. The smallest absolute Gasteiger partial charge is 0.109 e. The molecule has 0 aromatic heterocycles. The fourth-order valence-electron chi connectivity index (χ4n) is 7.32. The van der Waals surface area contributed by atoms with Crippen LogP contribution in [0.1, 0.15) is 77.6 Å². The standard InChI is InChI=1S/C23H36BIO2/c1-4-21-9-11-22(14-21,12-10-21)8-6-5-7-16(2)17-13-23(15-25)19(26-3)18(17)20(24)27-23/h17-20H,2,4-15H2,1,3H3/t17?,18?,19?,20-,21?,22?,23-/m1/s1. The Morgan fingerprint density at radius 3 is 2.48 bits per heavy atom. The second-order valence-electron chi connectivity index (χ2n) is 10.2. The van der Waals surface area contributed by atoms with E-state index in [9.17, 15) is 0 Å². The maximum Gasteiger partial charge on any atom is 0.109 e. The average Bonchev–Trinajstić information content (AvgIpc) is 3.39. The van der Waals surface area contributed by atoms with Gasteiger partial charge in [-0.2, -0.15) is 0 Å². The third-order valence-corrected chi connectivity index (χ3v) is 10.3. The summed E-state index contributed by atoms with van der Waals surface area (Å²) in [5.74, 6) is 0.753. The summed E-state index contributed by atoms with van der Waals surface area (Å²) < 4.78 is 12.9. The molecule has 4 heteroatoms. The third kappa shape index (κ3) is 3.38. The fourth-order valence-corrected chi connectivity index (χ4v) is 8.24. The Morgan fingerprint density at radius 1 is 1.22 bits per heavy atom. The monoisotopic (exact) mass is 482 g/mol.